The number of thiophene rings is 2. The summed E-state index contributed by atoms with van der Waals surface area (Å²) in [6.45, 7) is 0. The predicted molar refractivity (Wildman–Crippen MR) is 270 cm³/mol. The molecule has 4 aromatic carbocycles. The number of aromatic amines is 2. The van der Waals surface area contributed by atoms with Crippen LogP contribution in [0.1, 0.15) is 43.5 Å². The van der Waals surface area contributed by atoms with E-state index in [2.05, 4.69) is 142 Å². The Hall–Kier alpha value is -8.18. The van der Waals surface area contributed by atoms with Crippen molar-refractivity contribution in [2.75, 3.05) is 14.2 Å². The van der Waals surface area contributed by atoms with Crippen LogP contribution in [-0.4, -0.2) is 46.1 Å². The third-order valence-corrected chi connectivity index (χ3v) is 13.7. The summed E-state index contributed by atoms with van der Waals surface area (Å²) >= 11 is 3.35. The topological polar surface area (TPSA) is 110 Å². The highest BCUT2D eigenvalue weighted by Crippen LogP contribution is 2.40. The van der Waals surface area contributed by atoms with Gasteiger partial charge in [0.05, 0.1) is 48.1 Å². The van der Waals surface area contributed by atoms with Crippen molar-refractivity contribution in [2.45, 2.75) is 0 Å². The predicted octanol–water partition coefficient (Wildman–Crippen LogP) is 14.4. The van der Waals surface area contributed by atoms with E-state index in [1.54, 1.807) is 46.9 Å². The van der Waals surface area contributed by atoms with Gasteiger partial charge < -0.3 is 19.4 Å². The van der Waals surface area contributed by atoms with Crippen molar-refractivity contribution >= 4 is 81.0 Å². The molecule has 2 N–H and O–H groups in total. The minimum atomic E-state index is -0.362. The highest BCUT2D eigenvalue weighted by Gasteiger charge is 2.20. The molecule has 318 valence electrons. The van der Waals surface area contributed by atoms with E-state index in [1.165, 1.54) is 14.2 Å². The lowest BCUT2D eigenvalue weighted by molar-refractivity contribution is 0.0592. The van der Waals surface area contributed by atoms with E-state index in [1.807, 2.05) is 24.3 Å². The van der Waals surface area contributed by atoms with Gasteiger partial charge in [0.2, 0.25) is 0 Å². The third-order valence-electron chi connectivity index (χ3n) is 11.9. The molecule has 0 saturated carbocycles. The van der Waals surface area contributed by atoms with Gasteiger partial charge in [0.15, 0.2) is 0 Å². The first-order valence-corrected chi connectivity index (χ1v) is 23.0. The number of hydrogen-bond donors (Lipinski definition) is 2. The van der Waals surface area contributed by atoms with Gasteiger partial charge in [0.1, 0.15) is 0 Å². The minimum absolute atomic E-state index is 0.362. The first-order valence-electron chi connectivity index (χ1n) is 21.2. The quantitative estimate of drug-likeness (QED) is 0.147. The smallest absolute Gasteiger partial charge is 0.337 e. The summed E-state index contributed by atoms with van der Waals surface area (Å²) in [7, 11) is 2.78. The Morgan fingerprint density at radius 2 is 0.697 bits per heavy atom. The number of aromatic nitrogens is 4. The zero-order valence-electron chi connectivity index (χ0n) is 35.7. The van der Waals surface area contributed by atoms with Crippen LogP contribution in [0.4, 0.5) is 0 Å². The van der Waals surface area contributed by atoms with Crippen LogP contribution < -0.4 is 0 Å². The SMILES string of the molecule is COC(=O)c1ccc(-c2ccc(-c3c4nc(c(-c5cccs5)c5ccc([nH]5)c(-c5ccc(-c6ccc(C(=O)OC)cc6)cc5)c5nc(c(-c6cccs6)c6ccc3[nH]6)C=C5)C=C4)cc2)cc1. The second-order valence-corrected chi connectivity index (χ2v) is 17.6. The number of nitrogens with zero attached hydrogens (tertiary/aromatic N) is 2. The highest BCUT2D eigenvalue weighted by molar-refractivity contribution is 7.14. The van der Waals surface area contributed by atoms with Crippen LogP contribution in [0, 0.1) is 0 Å². The first-order chi connectivity index (χ1) is 32.4. The molecule has 5 aromatic heterocycles. The summed E-state index contributed by atoms with van der Waals surface area (Å²) in [6, 6.07) is 48.8. The lowest BCUT2D eigenvalue weighted by Gasteiger charge is -2.08. The van der Waals surface area contributed by atoms with Gasteiger partial charge in [-0.05, 0) is 129 Å². The number of ether oxygens (including phenoxy) is 2. The molecule has 0 radical (unpaired) electrons. The van der Waals surface area contributed by atoms with Gasteiger partial charge in [-0.1, -0.05) is 84.9 Å². The molecule has 2 aliphatic rings. The van der Waals surface area contributed by atoms with Crippen molar-refractivity contribution in [2.24, 2.45) is 0 Å². The summed E-state index contributed by atoms with van der Waals surface area (Å²) in [6.07, 6.45) is 8.44. The second-order valence-electron chi connectivity index (χ2n) is 15.7. The monoisotopic (exact) mass is 894 g/mol. The number of rotatable bonds is 8. The van der Waals surface area contributed by atoms with Crippen LogP contribution in [-0.2, 0) is 9.47 Å². The van der Waals surface area contributed by atoms with Gasteiger partial charge in [0, 0.05) is 54.1 Å². The molecule has 0 spiro atoms. The first kappa shape index (κ1) is 40.6. The van der Waals surface area contributed by atoms with Gasteiger partial charge in [-0.3, -0.25) is 0 Å². The molecular formula is C56H38N4O4S2. The molecular weight excluding hydrogens is 857 g/mol. The summed E-state index contributed by atoms with van der Waals surface area (Å²) < 4.78 is 9.82. The fourth-order valence-corrected chi connectivity index (χ4v) is 10.3. The molecule has 0 saturated heterocycles. The summed E-state index contributed by atoms with van der Waals surface area (Å²) in [5.74, 6) is -0.725. The fraction of sp³-hybridized carbons (Fsp3) is 0.0357. The molecule has 10 heteroatoms. The van der Waals surface area contributed by atoms with E-state index in [9.17, 15) is 9.59 Å². The summed E-state index contributed by atoms with van der Waals surface area (Å²) in [5.41, 5.74) is 18.1. The molecule has 9 aromatic rings. The molecule has 0 unspecified atom stereocenters. The van der Waals surface area contributed by atoms with Crippen LogP contribution in [0.2, 0.25) is 0 Å². The van der Waals surface area contributed by atoms with Gasteiger partial charge in [0.25, 0.3) is 0 Å². The molecule has 7 heterocycles. The zero-order chi connectivity index (χ0) is 44.7. The molecule has 0 atom stereocenters. The standard InChI is InChI=1S/C56H38N4O4S2/c1-63-55(61)39-19-11-35(12-20-39)33-7-15-37(16-8-33)51-41-23-27-45(57-41)53(49-5-3-31-65-49)47-29-25-43(59-47)52(38-17-9-34(10-18-38)36-13-21-40(22-14-36)56(62)64-2)44-26-30-48(60-44)54(50-6-4-32-66-50)46-28-24-42(51)58-46/h3-32,57,60H,1-2H3. The summed E-state index contributed by atoms with van der Waals surface area (Å²) in [4.78, 5) is 44.9. The van der Waals surface area contributed by atoms with E-state index in [-0.39, 0.29) is 11.9 Å². The Morgan fingerprint density at radius 3 is 1.02 bits per heavy atom. The number of benzene rings is 4. The number of methoxy groups -OCH3 is 2. The van der Waals surface area contributed by atoms with Gasteiger partial charge in [-0.15, -0.1) is 22.7 Å². The van der Waals surface area contributed by atoms with Crippen molar-refractivity contribution in [1.82, 2.24) is 19.9 Å². The minimum Gasteiger partial charge on any atom is -0.465 e. The fourth-order valence-electron chi connectivity index (χ4n) is 8.66. The van der Waals surface area contributed by atoms with Crippen molar-refractivity contribution in [1.29, 1.82) is 0 Å². The molecule has 0 aliphatic carbocycles. The van der Waals surface area contributed by atoms with E-state index < -0.39 is 0 Å². The Balaban J connectivity index is 1.13. The second kappa shape index (κ2) is 17.1. The lowest BCUT2D eigenvalue weighted by atomic mass is 9.98. The average molecular weight is 895 g/mol. The highest BCUT2D eigenvalue weighted by atomic mass is 32.1. The number of nitrogens with one attached hydrogen (secondary N) is 2. The number of H-pyrrole nitrogens is 2. The number of hydrogen-bond acceptors (Lipinski definition) is 8. The third kappa shape index (κ3) is 7.47. The average Bonchev–Trinajstić information content (AvgIpc) is 4.23. The van der Waals surface area contributed by atoms with E-state index in [0.717, 1.165) is 110 Å². The molecule has 0 amide bonds. The molecule has 11 rings (SSSR count). The Kier molecular flexibility index (Phi) is 10.5. The molecule has 8 bridgehead atoms. The van der Waals surface area contributed by atoms with Crippen LogP contribution in [0.5, 0.6) is 0 Å². The van der Waals surface area contributed by atoms with Gasteiger partial charge in [-0.25, -0.2) is 19.6 Å². The molecule has 2 aliphatic heterocycles. The maximum absolute atomic E-state index is 12.1. The van der Waals surface area contributed by atoms with Crippen molar-refractivity contribution in [3.8, 4) is 65.4 Å². The van der Waals surface area contributed by atoms with Crippen molar-refractivity contribution in [3.05, 3.63) is 190 Å². The van der Waals surface area contributed by atoms with Crippen LogP contribution >= 0.6 is 22.7 Å². The normalized spacial score (nSPS) is 11.8. The number of carbonyl (C=O) groups is 2. The molecule has 66 heavy (non-hydrogen) atoms. The maximum atomic E-state index is 12.1. The maximum Gasteiger partial charge on any atom is 0.337 e. The van der Waals surface area contributed by atoms with E-state index in [0.29, 0.717) is 11.1 Å². The van der Waals surface area contributed by atoms with Crippen molar-refractivity contribution in [3.63, 3.8) is 0 Å². The Labute approximate surface area is 387 Å². The molecule has 8 nitrogen and oxygen atoms in total. The van der Waals surface area contributed by atoms with Crippen LogP contribution in [0.25, 0.3) is 112 Å². The lowest BCUT2D eigenvalue weighted by Crippen LogP contribution is -2.00. The van der Waals surface area contributed by atoms with Crippen LogP contribution in [0.15, 0.2) is 156 Å². The Bertz CT molecular complexity index is 3310. The van der Waals surface area contributed by atoms with Gasteiger partial charge >= 0.3 is 11.9 Å². The van der Waals surface area contributed by atoms with Gasteiger partial charge in [-0.2, -0.15) is 0 Å². The van der Waals surface area contributed by atoms with E-state index in [4.69, 9.17) is 19.4 Å². The van der Waals surface area contributed by atoms with E-state index >= 15 is 0 Å². The Morgan fingerprint density at radius 1 is 0.394 bits per heavy atom. The number of esters is 2. The molecule has 0 fully saturated rings. The van der Waals surface area contributed by atoms with Crippen molar-refractivity contribution < 1.29 is 19.1 Å². The van der Waals surface area contributed by atoms with Crippen LogP contribution in [0.3, 0.4) is 0 Å². The number of fused-ring (bicyclic) bond motifs is 8. The number of carbonyl (C=O) groups excluding carboxylic acids is 2. The largest absolute Gasteiger partial charge is 0.465 e. The summed E-state index contributed by atoms with van der Waals surface area (Å²) in [5, 5.41) is 4.19. The zero-order valence-corrected chi connectivity index (χ0v) is 37.3.